The van der Waals surface area contributed by atoms with Crippen LogP contribution in [0.15, 0.2) is 64.5 Å². The molecule has 0 spiro atoms. The zero-order valence-electron chi connectivity index (χ0n) is 12.8. The van der Waals surface area contributed by atoms with Gasteiger partial charge in [-0.2, -0.15) is 0 Å². The fourth-order valence-electron chi connectivity index (χ4n) is 2.86. The van der Waals surface area contributed by atoms with Crippen molar-refractivity contribution in [3.63, 3.8) is 0 Å². The summed E-state index contributed by atoms with van der Waals surface area (Å²) in [7, 11) is 0. The lowest BCUT2D eigenvalue weighted by Gasteiger charge is -2.10. The lowest BCUT2D eigenvalue weighted by atomic mass is 10.2. The smallest absolute Gasteiger partial charge is 0.175 e. The van der Waals surface area contributed by atoms with E-state index in [-0.39, 0.29) is 0 Å². The first-order valence-corrected chi connectivity index (χ1v) is 9.58. The van der Waals surface area contributed by atoms with Gasteiger partial charge in [0.1, 0.15) is 16.2 Å². The van der Waals surface area contributed by atoms with Crippen LogP contribution in [0.2, 0.25) is 0 Å². The zero-order valence-corrected chi connectivity index (χ0v) is 14.4. The van der Waals surface area contributed by atoms with Crippen LogP contribution in [0, 0.1) is 0 Å². The maximum Gasteiger partial charge on any atom is 0.175 e. The average Bonchev–Trinajstić information content (AvgIpc) is 3.18. The lowest BCUT2D eigenvalue weighted by Crippen LogP contribution is -1.99. The van der Waals surface area contributed by atoms with Crippen LogP contribution in [0.5, 0.6) is 0 Å². The van der Waals surface area contributed by atoms with Crippen molar-refractivity contribution in [2.75, 3.05) is 0 Å². The molecule has 4 nitrogen and oxygen atoms in total. The number of nitrogens with zero attached hydrogens (tertiary/aromatic N) is 4. The molecule has 0 radical (unpaired) electrons. The summed E-state index contributed by atoms with van der Waals surface area (Å²) in [4.78, 5) is 14.6. The van der Waals surface area contributed by atoms with Gasteiger partial charge in [-0.1, -0.05) is 30.3 Å². The van der Waals surface area contributed by atoms with E-state index in [1.165, 1.54) is 24.1 Å². The first-order valence-electron chi connectivity index (χ1n) is 7.89. The normalized spacial score (nSPS) is 14.3. The monoisotopic (exact) mass is 350 g/mol. The van der Waals surface area contributed by atoms with Gasteiger partial charge in [-0.3, -0.25) is 0 Å². The summed E-state index contributed by atoms with van der Waals surface area (Å²) in [5.41, 5.74) is 2.41. The van der Waals surface area contributed by atoms with Crippen molar-refractivity contribution in [1.82, 2.24) is 19.5 Å². The molecule has 6 heteroatoms. The second-order valence-electron chi connectivity index (χ2n) is 5.81. The standard InChI is InChI=1S/C18H14N4S2/c1-2-4-12(5-3-1)15-10-19-18(22(15)13-6-7-13)24-17-14-8-9-23-16(14)20-11-21-17/h1-5,8-11,13H,6-7H2. The highest BCUT2D eigenvalue weighted by atomic mass is 32.2. The molecule has 0 bridgehead atoms. The number of rotatable bonds is 4. The Bertz CT molecular complexity index is 1000. The molecule has 0 saturated heterocycles. The van der Waals surface area contributed by atoms with Crippen molar-refractivity contribution >= 4 is 33.3 Å². The molecule has 0 atom stereocenters. The Kier molecular flexibility index (Phi) is 3.38. The van der Waals surface area contributed by atoms with Gasteiger partial charge >= 0.3 is 0 Å². The minimum atomic E-state index is 0.560. The van der Waals surface area contributed by atoms with Crippen molar-refractivity contribution in [3.05, 3.63) is 54.3 Å². The number of fused-ring (bicyclic) bond motifs is 1. The van der Waals surface area contributed by atoms with Crippen LogP contribution in [0.25, 0.3) is 21.5 Å². The van der Waals surface area contributed by atoms with Gasteiger partial charge in [0.05, 0.1) is 11.9 Å². The maximum absolute atomic E-state index is 4.71. The van der Waals surface area contributed by atoms with E-state index in [1.807, 2.05) is 12.3 Å². The summed E-state index contributed by atoms with van der Waals surface area (Å²) in [6.07, 6.45) is 6.08. The third kappa shape index (κ3) is 2.42. The maximum atomic E-state index is 4.71. The summed E-state index contributed by atoms with van der Waals surface area (Å²) < 4.78 is 2.38. The van der Waals surface area contributed by atoms with E-state index in [4.69, 9.17) is 4.98 Å². The molecular formula is C18H14N4S2. The summed E-state index contributed by atoms with van der Waals surface area (Å²) >= 11 is 3.28. The highest BCUT2D eigenvalue weighted by molar-refractivity contribution is 7.99. The van der Waals surface area contributed by atoms with Crippen LogP contribution in [0.3, 0.4) is 0 Å². The van der Waals surface area contributed by atoms with E-state index < -0.39 is 0 Å². The first kappa shape index (κ1) is 14.2. The summed E-state index contributed by atoms with van der Waals surface area (Å²) in [6.45, 7) is 0. The average molecular weight is 350 g/mol. The number of imidazole rings is 1. The summed E-state index contributed by atoms with van der Waals surface area (Å²) in [6, 6.07) is 13.1. The fourth-order valence-corrected chi connectivity index (χ4v) is 4.66. The highest BCUT2D eigenvalue weighted by Gasteiger charge is 2.29. The van der Waals surface area contributed by atoms with Gasteiger partial charge in [0.15, 0.2) is 5.16 Å². The van der Waals surface area contributed by atoms with Crippen molar-refractivity contribution in [1.29, 1.82) is 0 Å². The van der Waals surface area contributed by atoms with Crippen LogP contribution < -0.4 is 0 Å². The van der Waals surface area contributed by atoms with E-state index in [0.29, 0.717) is 6.04 Å². The third-order valence-corrected chi connectivity index (χ3v) is 5.98. The van der Waals surface area contributed by atoms with Gasteiger partial charge in [-0.05, 0) is 41.6 Å². The SMILES string of the molecule is c1ccc(-c2cnc(Sc3ncnc4sccc34)n2C2CC2)cc1. The molecule has 1 aromatic carbocycles. The van der Waals surface area contributed by atoms with Crippen LogP contribution >= 0.6 is 23.1 Å². The molecule has 118 valence electrons. The van der Waals surface area contributed by atoms with E-state index in [9.17, 15) is 0 Å². The molecule has 1 fully saturated rings. The van der Waals surface area contributed by atoms with E-state index >= 15 is 0 Å². The summed E-state index contributed by atoms with van der Waals surface area (Å²) in [5.74, 6) is 0. The van der Waals surface area contributed by atoms with Gasteiger partial charge in [0, 0.05) is 11.4 Å². The van der Waals surface area contributed by atoms with Crippen LogP contribution in [0.1, 0.15) is 18.9 Å². The number of hydrogen-bond donors (Lipinski definition) is 0. The van der Waals surface area contributed by atoms with Gasteiger partial charge in [0.25, 0.3) is 0 Å². The third-order valence-electron chi connectivity index (χ3n) is 4.16. The predicted molar refractivity (Wildman–Crippen MR) is 97.5 cm³/mol. The minimum absolute atomic E-state index is 0.560. The number of hydrogen-bond acceptors (Lipinski definition) is 5. The highest BCUT2D eigenvalue weighted by Crippen LogP contribution is 2.43. The quantitative estimate of drug-likeness (QED) is 0.484. The molecule has 0 amide bonds. The fraction of sp³-hybridized carbons (Fsp3) is 0.167. The molecule has 1 aliphatic carbocycles. The lowest BCUT2D eigenvalue weighted by molar-refractivity contribution is 0.669. The molecular weight excluding hydrogens is 336 g/mol. The first-order chi connectivity index (χ1) is 11.9. The molecule has 5 rings (SSSR count). The van der Waals surface area contributed by atoms with E-state index in [1.54, 1.807) is 29.4 Å². The van der Waals surface area contributed by atoms with Gasteiger partial charge < -0.3 is 4.57 Å². The van der Waals surface area contributed by atoms with Gasteiger partial charge in [0.2, 0.25) is 0 Å². The minimum Gasteiger partial charge on any atom is -0.316 e. The Morgan fingerprint density at radius 3 is 2.75 bits per heavy atom. The molecule has 0 unspecified atom stereocenters. The molecule has 0 N–H and O–H groups in total. The Balaban J connectivity index is 1.59. The van der Waals surface area contributed by atoms with Gasteiger partial charge in [-0.15, -0.1) is 11.3 Å². The zero-order chi connectivity index (χ0) is 15.9. The Morgan fingerprint density at radius 2 is 1.92 bits per heavy atom. The Morgan fingerprint density at radius 1 is 1.04 bits per heavy atom. The molecule has 3 aromatic heterocycles. The number of aromatic nitrogens is 4. The van der Waals surface area contributed by atoms with E-state index in [0.717, 1.165) is 20.4 Å². The second kappa shape index (κ2) is 5.72. The second-order valence-corrected chi connectivity index (χ2v) is 7.66. The topological polar surface area (TPSA) is 43.6 Å². The van der Waals surface area contributed by atoms with Crippen LogP contribution in [-0.4, -0.2) is 19.5 Å². The van der Waals surface area contributed by atoms with Crippen LogP contribution in [-0.2, 0) is 0 Å². The number of benzene rings is 1. The molecule has 3 heterocycles. The molecule has 24 heavy (non-hydrogen) atoms. The molecule has 1 saturated carbocycles. The predicted octanol–water partition coefficient (Wildman–Crippen LogP) is 5.04. The molecule has 4 aromatic rings. The van der Waals surface area contributed by atoms with Gasteiger partial charge in [-0.25, -0.2) is 15.0 Å². The number of thiophene rings is 1. The summed E-state index contributed by atoms with van der Waals surface area (Å²) in [5, 5.41) is 5.17. The molecule has 0 aliphatic heterocycles. The Hall–Kier alpha value is -2.18. The largest absolute Gasteiger partial charge is 0.316 e. The molecule has 1 aliphatic rings. The van der Waals surface area contributed by atoms with E-state index in [2.05, 4.69) is 50.2 Å². The van der Waals surface area contributed by atoms with Crippen molar-refractivity contribution in [3.8, 4) is 11.3 Å². The Labute approximate surface area is 147 Å². The van der Waals surface area contributed by atoms with Crippen molar-refractivity contribution in [2.24, 2.45) is 0 Å². The van der Waals surface area contributed by atoms with Crippen molar-refractivity contribution in [2.45, 2.75) is 29.1 Å². The van der Waals surface area contributed by atoms with Crippen LogP contribution in [0.4, 0.5) is 0 Å². The van der Waals surface area contributed by atoms with Crippen molar-refractivity contribution < 1.29 is 0 Å².